The zero-order valence-electron chi connectivity index (χ0n) is 10.3. The Morgan fingerprint density at radius 2 is 2.00 bits per heavy atom. The van der Waals surface area contributed by atoms with Crippen LogP contribution in [0.3, 0.4) is 0 Å². The zero-order valence-corrected chi connectivity index (χ0v) is 10.3. The van der Waals surface area contributed by atoms with E-state index in [1.165, 1.54) is 36.8 Å². The number of fused-ring (bicyclic) bond motifs is 1. The third-order valence-corrected chi connectivity index (χ3v) is 4.19. The van der Waals surface area contributed by atoms with Gasteiger partial charge in [-0.15, -0.1) is 0 Å². The van der Waals surface area contributed by atoms with Gasteiger partial charge in [-0.2, -0.15) is 0 Å². The van der Waals surface area contributed by atoms with Crippen LogP contribution in [0.15, 0.2) is 18.2 Å². The molecule has 0 radical (unpaired) electrons. The summed E-state index contributed by atoms with van der Waals surface area (Å²) in [6, 6.07) is 6.54. The number of hydrogen-bond acceptors (Lipinski definition) is 1. The van der Waals surface area contributed by atoms with Crippen LogP contribution in [-0.4, -0.2) is 6.61 Å². The first-order chi connectivity index (χ1) is 7.70. The van der Waals surface area contributed by atoms with Crippen LogP contribution in [0.1, 0.15) is 50.2 Å². The maximum absolute atomic E-state index is 6.02. The van der Waals surface area contributed by atoms with Crippen LogP contribution in [0.4, 0.5) is 0 Å². The molecule has 16 heavy (non-hydrogen) atoms. The van der Waals surface area contributed by atoms with Crippen molar-refractivity contribution in [1.82, 2.24) is 0 Å². The van der Waals surface area contributed by atoms with E-state index in [-0.39, 0.29) is 0 Å². The average molecular weight is 216 g/mol. The highest BCUT2D eigenvalue weighted by atomic mass is 16.5. The molecule has 1 nitrogen and oxygen atoms in total. The van der Waals surface area contributed by atoms with Crippen LogP contribution in [-0.2, 0) is 6.42 Å². The van der Waals surface area contributed by atoms with Gasteiger partial charge in [0.05, 0.1) is 6.61 Å². The fourth-order valence-electron chi connectivity index (χ4n) is 2.79. The summed E-state index contributed by atoms with van der Waals surface area (Å²) in [5.74, 6) is 1.75. The molecule has 0 atom stereocenters. The molecule has 1 fully saturated rings. The molecule has 0 saturated heterocycles. The minimum absolute atomic E-state index is 0.549. The van der Waals surface area contributed by atoms with Crippen LogP contribution in [0, 0.1) is 5.41 Å². The fraction of sp³-hybridized carbons (Fsp3) is 0.600. The van der Waals surface area contributed by atoms with Crippen molar-refractivity contribution < 1.29 is 4.74 Å². The second-order valence-electron chi connectivity index (χ2n) is 5.77. The monoisotopic (exact) mass is 216 g/mol. The van der Waals surface area contributed by atoms with Crippen molar-refractivity contribution in [2.24, 2.45) is 5.41 Å². The second kappa shape index (κ2) is 3.51. The lowest BCUT2D eigenvalue weighted by molar-refractivity contribution is 0.238. The molecule has 0 bridgehead atoms. The lowest BCUT2D eigenvalue weighted by Gasteiger charge is -2.14. The minimum Gasteiger partial charge on any atom is -0.493 e. The van der Waals surface area contributed by atoms with Gasteiger partial charge in [0, 0.05) is 5.41 Å². The molecule has 1 aromatic carbocycles. The summed E-state index contributed by atoms with van der Waals surface area (Å²) in [5, 5.41) is 0. The van der Waals surface area contributed by atoms with E-state index in [1.54, 1.807) is 0 Å². The third-order valence-electron chi connectivity index (χ3n) is 4.19. The maximum atomic E-state index is 6.02. The van der Waals surface area contributed by atoms with Gasteiger partial charge in [0.1, 0.15) is 5.75 Å². The van der Waals surface area contributed by atoms with Gasteiger partial charge in [-0.05, 0) is 48.8 Å². The SMILES string of the molecule is CC(C)c1cccc2c1CCC1(CC1)CO2. The molecule has 1 heterocycles. The van der Waals surface area contributed by atoms with Crippen LogP contribution in [0.5, 0.6) is 5.75 Å². The van der Waals surface area contributed by atoms with E-state index < -0.39 is 0 Å². The van der Waals surface area contributed by atoms with Gasteiger partial charge in [0.2, 0.25) is 0 Å². The van der Waals surface area contributed by atoms with Crippen molar-refractivity contribution in [2.45, 2.75) is 45.4 Å². The molecule has 1 aliphatic carbocycles. The molecule has 0 N–H and O–H groups in total. The second-order valence-corrected chi connectivity index (χ2v) is 5.77. The largest absolute Gasteiger partial charge is 0.493 e. The van der Waals surface area contributed by atoms with Crippen molar-refractivity contribution in [1.29, 1.82) is 0 Å². The number of rotatable bonds is 1. The first-order valence-electron chi connectivity index (χ1n) is 6.45. The van der Waals surface area contributed by atoms with E-state index in [1.807, 2.05) is 0 Å². The van der Waals surface area contributed by atoms with E-state index in [9.17, 15) is 0 Å². The van der Waals surface area contributed by atoms with Gasteiger partial charge in [-0.3, -0.25) is 0 Å². The normalized spacial score (nSPS) is 21.4. The highest BCUT2D eigenvalue weighted by Crippen LogP contribution is 2.52. The molecule has 0 amide bonds. The number of benzene rings is 1. The summed E-state index contributed by atoms with van der Waals surface area (Å²) in [6.45, 7) is 5.49. The summed E-state index contributed by atoms with van der Waals surface area (Å²) < 4.78 is 6.02. The van der Waals surface area contributed by atoms with Crippen molar-refractivity contribution >= 4 is 0 Å². The quantitative estimate of drug-likeness (QED) is 0.691. The van der Waals surface area contributed by atoms with Crippen molar-refractivity contribution in [3.05, 3.63) is 29.3 Å². The van der Waals surface area contributed by atoms with E-state index in [4.69, 9.17) is 4.74 Å². The topological polar surface area (TPSA) is 9.23 Å². The van der Waals surface area contributed by atoms with Crippen molar-refractivity contribution in [2.75, 3.05) is 6.61 Å². The number of ether oxygens (including phenoxy) is 1. The molecular formula is C15H20O. The molecule has 1 aromatic rings. The Labute approximate surface area is 97.8 Å². The van der Waals surface area contributed by atoms with Crippen LogP contribution < -0.4 is 4.74 Å². The molecule has 0 unspecified atom stereocenters. The fourth-order valence-corrected chi connectivity index (χ4v) is 2.79. The standard InChI is InChI=1S/C15H20O/c1-11(2)12-4-3-5-14-13(12)6-7-15(8-9-15)10-16-14/h3-5,11H,6-10H2,1-2H3. The van der Waals surface area contributed by atoms with E-state index in [2.05, 4.69) is 32.0 Å². The molecule has 1 saturated carbocycles. The molecule has 0 aromatic heterocycles. The molecule has 86 valence electrons. The van der Waals surface area contributed by atoms with Crippen molar-refractivity contribution in [3.8, 4) is 5.75 Å². The Morgan fingerprint density at radius 3 is 2.69 bits per heavy atom. The lowest BCUT2D eigenvalue weighted by Crippen LogP contribution is -2.10. The Kier molecular flexibility index (Phi) is 2.24. The molecule has 1 spiro atoms. The zero-order chi connectivity index (χ0) is 11.2. The average Bonchev–Trinajstić information content (AvgIpc) is 3.06. The molecule has 1 heteroatoms. The first-order valence-corrected chi connectivity index (χ1v) is 6.45. The predicted octanol–water partition coefficient (Wildman–Crippen LogP) is 3.92. The summed E-state index contributed by atoms with van der Waals surface area (Å²) in [6.07, 6.45) is 5.28. The van der Waals surface area contributed by atoms with Gasteiger partial charge in [0.25, 0.3) is 0 Å². The predicted molar refractivity (Wildman–Crippen MR) is 66.0 cm³/mol. The Hall–Kier alpha value is -0.980. The van der Waals surface area contributed by atoms with Gasteiger partial charge in [-0.25, -0.2) is 0 Å². The van der Waals surface area contributed by atoms with E-state index >= 15 is 0 Å². The Morgan fingerprint density at radius 1 is 1.19 bits per heavy atom. The summed E-state index contributed by atoms with van der Waals surface area (Å²) >= 11 is 0. The van der Waals surface area contributed by atoms with E-state index in [0.717, 1.165) is 12.4 Å². The summed E-state index contributed by atoms with van der Waals surface area (Å²) in [4.78, 5) is 0. The number of hydrogen-bond donors (Lipinski definition) is 0. The summed E-state index contributed by atoms with van der Waals surface area (Å²) in [7, 11) is 0. The summed E-state index contributed by atoms with van der Waals surface area (Å²) in [5.41, 5.74) is 3.50. The van der Waals surface area contributed by atoms with Gasteiger partial charge >= 0.3 is 0 Å². The highest BCUT2D eigenvalue weighted by Gasteiger charge is 2.44. The minimum atomic E-state index is 0.549. The van der Waals surface area contributed by atoms with Crippen molar-refractivity contribution in [3.63, 3.8) is 0 Å². The van der Waals surface area contributed by atoms with Crippen LogP contribution >= 0.6 is 0 Å². The third kappa shape index (κ3) is 1.63. The Bertz CT molecular complexity index is 402. The maximum Gasteiger partial charge on any atom is 0.122 e. The molecule has 2 aliphatic rings. The van der Waals surface area contributed by atoms with Gasteiger partial charge in [-0.1, -0.05) is 26.0 Å². The first kappa shape index (κ1) is 10.2. The van der Waals surface area contributed by atoms with Gasteiger partial charge < -0.3 is 4.74 Å². The highest BCUT2D eigenvalue weighted by molar-refractivity contribution is 5.43. The molecule has 3 rings (SSSR count). The molecule has 1 aliphatic heterocycles. The molecular weight excluding hydrogens is 196 g/mol. The van der Waals surface area contributed by atoms with Crippen LogP contribution in [0.25, 0.3) is 0 Å². The van der Waals surface area contributed by atoms with Crippen LogP contribution in [0.2, 0.25) is 0 Å². The van der Waals surface area contributed by atoms with Gasteiger partial charge in [0.15, 0.2) is 0 Å². The smallest absolute Gasteiger partial charge is 0.122 e. The lowest BCUT2D eigenvalue weighted by atomic mass is 9.91. The van der Waals surface area contributed by atoms with E-state index in [0.29, 0.717) is 11.3 Å². The Balaban J connectivity index is 1.97.